The lowest BCUT2D eigenvalue weighted by atomic mass is 10.0. The first-order valence-corrected chi connectivity index (χ1v) is 7.17. The van der Waals surface area contributed by atoms with Crippen LogP contribution in [0.15, 0.2) is 0 Å². The molecule has 11 heavy (non-hydrogen) atoms. The molecular weight excluding hydrogens is 196 g/mol. The van der Waals surface area contributed by atoms with Crippen LogP contribution in [-0.4, -0.2) is 17.4 Å². The van der Waals surface area contributed by atoms with E-state index in [-0.39, 0.29) is 0 Å². The topological polar surface area (TPSA) is 0 Å². The van der Waals surface area contributed by atoms with E-state index in [0.29, 0.717) is 0 Å². The Morgan fingerprint density at radius 1 is 1.45 bits per heavy atom. The van der Waals surface area contributed by atoms with Gasteiger partial charge in [-0.05, 0) is 18.6 Å². The first kappa shape index (κ1) is 12.0. The van der Waals surface area contributed by atoms with Crippen LogP contribution < -0.4 is 0 Å². The molecule has 0 aliphatic heterocycles. The van der Waals surface area contributed by atoms with Crippen molar-refractivity contribution >= 4 is 33.2 Å². The highest BCUT2D eigenvalue weighted by Gasteiger charge is 2.14. The van der Waals surface area contributed by atoms with Crippen LogP contribution in [0.4, 0.5) is 0 Å². The Morgan fingerprint density at radius 2 is 2.09 bits per heavy atom. The van der Waals surface area contributed by atoms with E-state index in [9.17, 15) is 0 Å². The highest BCUT2D eigenvalue weighted by molar-refractivity contribution is 8.76. The van der Waals surface area contributed by atoms with Crippen molar-refractivity contribution in [2.45, 2.75) is 31.9 Å². The minimum Gasteiger partial charge on any atom is -0.127 e. The fourth-order valence-corrected chi connectivity index (χ4v) is 3.73. The van der Waals surface area contributed by atoms with Crippen molar-refractivity contribution in [2.24, 2.45) is 5.92 Å². The first-order valence-electron chi connectivity index (χ1n) is 4.01. The summed E-state index contributed by atoms with van der Waals surface area (Å²) in [5.41, 5.74) is 0. The predicted octanol–water partition coefficient (Wildman–Crippen LogP) is 4.04. The van der Waals surface area contributed by atoms with E-state index in [4.69, 9.17) is 11.6 Å². The standard InChI is InChI=1S/C8H17ClS2/c1-4-7(2)8(5-6-9)11-10-3/h7-8H,4-6H2,1-3H3/t7?,8-/m0/s1. The average Bonchev–Trinajstić information content (AvgIpc) is 2.03. The second-order valence-corrected chi connectivity index (χ2v) is 5.75. The Morgan fingerprint density at radius 3 is 2.45 bits per heavy atom. The summed E-state index contributed by atoms with van der Waals surface area (Å²) in [4.78, 5) is 0. The molecule has 0 aromatic rings. The largest absolute Gasteiger partial charge is 0.127 e. The molecule has 0 heterocycles. The molecule has 68 valence electrons. The molecule has 0 nitrogen and oxygen atoms in total. The zero-order valence-corrected chi connectivity index (χ0v) is 9.86. The molecule has 2 atom stereocenters. The van der Waals surface area contributed by atoms with Crippen LogP contribution in [-0.2, 0) is 0 Å². The molecule has 0 N–H and O–H groups in total. The van der Waals surface area contributed by atoms with Crippen LogP contribution in [0.5, 0.6) is 0 Å². The summed E-state index contributed by atoms with van der Waals surface area (Å²) in [5.74, 6) is 1.59. The van der Waals surface area contributed by atoms with Gasteiger partial charge >= 0.3 is 0 Å². The van der Waals surface area contributed by atoms with Crippen molar-refractivity contribution in [2.75, 3.05) is 12.1 Å². The lowest BCUT2D eigenvalue weighted by Gasteiger charge is -2.19. The molecule has 0 saturated heterocycles. The van der Waals surface area contributed by atoms with Crippen LogP contribution in [0.25, 0.3) is 0 Å². The molecule has 0 aliphatic rings. The third kappa shape index (κ3) is 5.26. The molecule has 0 aromatic carbocycles. The predicted molar refractivity (Wildman–Crippen MR) is 59.7 cm³/mol. The van der Waals surface area contributed by atoms with Crippen molar-refractivity contribution in [1.82, 2.24) is 0 Å². The van der Waals surface area contributed by atoms with Gasteiger partial charge in [-0.2, -0.15) is 0 Å². The van der Waals surface area contributed by atoms with E-state index in [2.05, 4.69) is 20.1 Å². The molecule has 0 fully saturated rings. The molecule has 0 radical (unpaired) electrons. The number of rotatable bonds is 6. The lowest BCUT2D eigenvalue weighted by molar-refractivity contribution is 0.527. The van der Waals surface area contributed by atoms with Gasteiger partial charge in [0.25, 0.3) is 0 Å². The molecule has 0 amide bonds. The fourth-order valence-electron chi connectivity index (χ4n) is 0.921. The van der Waals surface area contributed by atoms with Gasteiger partial charge in [0.15, 0.2) is 0 Å². The van der Waals surface area contributed by atoms with Gasteiger partial charge in [-0.25, -0.2) is 0 Å². The zero-order chi connectivity index (χ0) is 8.69. The minimum atomic E-state index is 0.743. The van der Waals surface area contributed by atoms with E-state index in [1.165, 1.54) is 6.42 Å². The molecule has 0 aromatic heterocycles. The summed E-state index contributed by atoms with van der Waals surface area (Å²) in [7, 11) is 3.82. The van der Waals surface area contributed by atoms with Crippen LogP contribution in [0.2, 0.25) is 0 Å². The number of alkyl halides is 1. The van der Waals surface area contributed by atoms with Gasteiger partial charge in [0.05, 0.1) is 0 Å². The maximum absolute atomic E-state index is 5.71. The highest BCUT2D eigenvalue weighted by atomic mass is 35.5. The minimum absolute atomic E-state index is 0.743. The molecule has 0 spiro atoms. The van der Waals surface area contributed by atoms with Crippen LogP contribution >= 0.6 is 33.2 Å². The maximum atomic E-state index is 5.71. The van der Waals surface area contributed by atoms with Gasteiger partial charge in [-0.1, -0.05) is 41.9 Å². The maximum Gasteiger partial charge on any atom is 0.0234 e. The molecule has 0 bridgehead atoms. The Hall–Kier alpha value is 0.990. The average molecular weight is 213 g/mol. The second-order valence-electron chi connectivity index (χ2n) is 2.66. The highest BCUT2D eigenvalue weighted by Crippen LogP contribution is 2.32. The van der Waals surface area contributed by atoms with E-state index < -0.39 is 0 Å². The van der Waals surface area contributed by atoms with Crippen molar-refractivity contribution < 1.29 is 0 Å². The Kier molecular flexibility index (Phi) is 8.32. The van der Waals surface area contributed by atoms with Crippen molar-refractivity contribution in [1.29, 1.82) is 0 Å². The fraction of sp³-hybridized carbons (Fsp3) is 1.00. The third-order valence-electron chi connectivity index (χ3n) is 1.89. The summed E-state index contributed by atoms with van der Waals surface area (Å²) >= 11 is 5.71. The van der Waals surface area contributed by atoms with Gasteiger partial charge in [0.1, 0.15) is 0 Å². The summed E-state index contributed by atoms with van der Waals surface area (Å²) in [6.45, 7) is 4.55. The van der Waals surface area contributed by atoms with Crippen molar-refractivity contribution in [3.63, 3.8) is 0 Å². The van der Waals surface area contributed by atoms with Gasteiger partial charge in [0, 0.05) is 11.1 Å². The van der Waals surface area contributed by atoms with E-state index in [1.54, 1.807) is 0 Å². The van der Waals surface area contributed by atoms with Crippen molar-refractivity contribution in [3.8, 4) is 0 Å². The molecule has 3 heteroatoms. The van der Waals surface area contributed by atoms with Gasteiger partial charge in [-0.3, -0.25) is 0 Å². The Bertz CT molecular complexity index is 82.2. The summed E-state index contributed by atoms with van der Waals surface area (Å²) in [6.07, 6.45) is 4.53. The molecule has 0 rings (SSSR count). The van der Waals surface area contributed by atoms with Gasteiger partial charge in [-0.15, -0.1) is 11.6 Å². The summed E-state index contributed by atoms with van der Waals surface area (Å²) in [5, 5.41) is 0.743. The quantitative estimate of drug-likeness (QED) is 0.482. The van der Waals surface area contributed by atoms with Crippen molar-refractivity contribution in [3.05, 3.63) is 0 Å². The second kappa shape index (κ2) is 7.63. The van der Waals surface area contributed by atoms with E-state index >= 15 is 0 Å². The van der Waals surface area contributed by atoms with Crippen LogP contribution in [0.1, 0.15) is 26.7 Å². The zero-order valence-electron chi connectivity index (χ0n) is 7.47. The molecule has 0 aliphatic carbocycles. The van der Waals surface area contributed by atoms with E-state index in [1.807, 2.05) is 21.6 Å². The normalized spacial score (nSPS) is 16.4. The molecule has 0 saturated carbocycles. The third-order valence-corrected chi connectivity index (χ3v) is 4.57. The summed E-state index contributed by atoms with van der Waals surface area (Å²) in [6, 6.07) is 0. The lowest BCUT2D eigenvalue weighted by Crippen LogP contribution is -2.12. The van der Waals surface area contributed by atoms with Gasteiger partial charge < -0.3 is 0 Å². The molecule has 1 unspecified atom stereocenters. The summed E-state index contributed by atoms with van der Waals surface area (Å²) < 4.78 is 0. The number of hydrogen-bond acceptors (Lipinski definition) is 2. The van der Waals surface area contributed by atoms with E-state index in [0.717, 1.165) is 23.5 Å². The van der Waals surface area contributed by atoms with Crippen LogP contribution in [0, 0.1) is 5.92 Å². The number of hydrogen-bond donors (Lipinski definition) is 0. The SMILES string of the molecule is CCC(C)[C@H](CCCl)SSC. The smallest absolute Gasteiger partial charge is 0.0234 e. The number of halogens is 1. The first-order chi connectivity index (χ1) is 5.26. The van der Waals surface area contributed by atoms with Gasteiger partial charge in [0.2, 0.25) is 0 Å². The Balaban J connectivity index is 3.66. The molecular formula is C8H17ClS2. The van der Waals surface area contributed by atoms with Crippen LogP contribution in [0.3, 0.4) is 0 Å². The monoisotopic (exact) mass is 212 g/mol. The Labute approximate surface area is 83.2 Å².